The fraction of sp³-hybridized carbons (Fsp3) is 0.533. The number of carbonyl (C=O) groups excluding carboxylic acids is 1. The molecule has 0 aromatic heterocycles. The van der Waals surface area contributed by atoms with Crippen LogP contribution < -0.4 is 4.90 Å². The summed E-state index contributed by atoms with van der Waals surface area (Å²) in [5, 5.41) is 0. The standard InChI is InChI=1S/C15H20FNO/c1-2-6-12-7-3-4-10-17(12)15-9-5-8-14(16)13(15)11-18/h5,8-9,11-12H,2-4,6-7,10H2,1H3. The fourth-order valence-corrected chi connectivity index (χ4v) is 2.84. The van der Waals surface area contributed by atoms with Crippen LogP contribution in [-0.4, -0.2) is 18.9 Å². The molecule has 3 heteroatoms. The van der Waals surface area contributed by atoms with E-state index in [9.17, 15) is 9.18 Å². The molecule has 1 fully saturated rings. The number of rotatable bonds is 4. The van der Waals surface area contributed by atoms with Gasteiger partial charge >= 0.3 is 0 Å². The minimum absolute atomic E-state index is 0.209. The average molecular weight is 249 g/mol. The zero-order chi connectivity index (χ0) is 13.0. The lowest BCUT2D eigenvalue weighted by molar-refractivity contribution is 0.112. The third-order valence-electron chi connectivity index (χ3n) is 3.71. The van der Waals surface area contributed by atoms with E-state index in [2.05, 4.69) is 11.8 Å². The summed E-state index contributed by atoms with van der Waals surface area (Å²) in [4.78, 5) is 13.3. The van der Waals surface area contributed by atoms with Crippen molar-refractivity contribution in [2.24, 2.45) is 0 Å². The molecule has 1 saturated heterocycles. The molecule has 0 N–H and O–H groups in total. The number of benzene rings is 1. The summed E-state index contributed by atoms with van der Waals surface area (Å²) < 4.78 is 13.7. The summed E-state index contributed by atoms with van der Waals surface area (Å²) >= 11 is 0. The summed E-state index contributed by atoms with van der Waals surface area (Å²) in [5.74, 6) is -0.414. The van der Waals surface area contributed by atoms with Crippen LogP contribution >= 0.6 is 0 Å². The van der Waals surface area contributed by atoms with E-state index in [1.807, 2.05) is 6.07 Å². The molecule has 1 unspecified atom stereocenters. The van der Waals surface area contributed by atoms with Crippen LogP contribution in [0.5, 0.6) is 0 Å². The van der Waals surface area contributed by atoms with Gasteiger partial charge in [-0.05, 0) is 37.8 Å². The van der Waals surface area contributed by atoms with Crippen molar-refractivity contribution in [2.75, 3.05) is 11.4 Å². The Morgan fingerprint density at radius 1 is 1.44 bits per heavy atom. The number of carbonyl (C=O) groups is 1. The van der Waals surface area contributed by atoms with Crippen molar-refractivity contribution < 1.29 is 9.18 Å². The average Bonchev–Trinajstić information content (AvgIpc) is 2.39. The Morgan fingerprint density at radius 2 is 2.28 bits per heavy atom. The maximum Gasteiger partial charge on any atom is 0.155 e. The lowest BCUT2D eigenvalue weighted by atomic mass is 9.96. The Kier molecular flexibility index (Phi) is 4.34. The first-order valence-electron chi connectivity index (χ1n) is 6.78. The predicted molar refractivity (Wildman–Crippen MR) is 71.7 cm³/mol. The molecular weight excluding hydrogens is 229 g/mol. The highest BCUT2D eigenvalue weighted by Gasteiger charge is 2.24. The summed E-state index contributed by atoms with van der Waals surface area (Å²) in [6.07, 6.45) is 6.36. The number of nitrogens with zero attached hydrogens (tertiary/aromatic N) is 1. The number of hydrogen-bond acceptors (Lipinski definition) is 2. The lowest BCUT2D eigenvalue weighted by Gasteiger charge is -2.38. The molecule has 1 aromatic carbocycles. The van der Waals surface area contributed by atoms with Gasteiger partial charge in [0.2, 0.25) is 0 Å². The number of aldehydes is 1. The highest BCUT2D eigenvalue weighted by atomic mass is 19.1. The third-order valence-corrected chi connectivity index (χ3v) is 3.71. The summed E-state index contributed by atoms with van der Waals surface area (Å²) in [6, 6.07) is 5.35. The first kappa shape index (κ1) is 13.1. The van der Waals surface area contributed by atoms with Gasteiger partial charge in [0.1, 0.15) is 5.82 Å². The first-order chi connectivity index (χ1) is 8.77. The van der Waals surface area contributed by atoms with Crippen molar-refractivity contribution >= 4 is 12.0 Å². The number of piperidine rings is 1. The van der Waals surface area contributed by atoms with E-state index in [0.29, 0.717) is 12.3 Å². The van der Waals surface area contributed by atoms with Crippen LogP contribution in [0.3, 0.4) is 0 Å². The van der Waals surface area contributed by atoms with Gasteiger partial charge in [0.05, 0.1) is 11.3 Å². The molecule has 98 valence electrons. The number of hydrogen-bond donors (Lipinski definition) is 0. The van der Waals surface area contributed by atoms with Gasteiger partial charge in [0.15, 0.2) is 6.29 Å². The largest absolute Gasteiger partial charge is 0.368 e. The van der Waals surface area contributed by atoms with Crippen molar-refractivity contribution in [3.63, 3.8) is 0 Å². The quantitative estimate of drug-likeness (QED) is 0.756. The SMILES string of the molecule is CCCC1CCCCN1c1cccc(F)c1C=O. The van der Waals surface area contributed by atoms with Crippen molar-refractivity contribution in [3.8, 4) is 0 Å². The Labute approximate surface area is 108 Å². The van der Waals surface area contributed by atoms with Crippen LogP contribution in [0.25, 0.3) is 0 Å². The van der Waals surface area contributed by atoms with Gasteiger partial charge in [-0.25, -0.2) is 4.39 Å². The van der Waals surface area contributed by atoms with Gasteiger partial charge in [-0.1, -0.05) is 19.4 Å². The van der Waals surface area contributed by atoms with Crippen LogP contribution in [0.2, 0.25) is 0 Å². The van der Waals surface area contributed by atoms with E-state index < -0.39 is 5.82 Å². The first-order valence-corrected chi connectivity index (χ1v) is 6.78. The van der Waals surface area contributed by atoms with E-state index in [4.69, 9.17) is 0 Å². The molecule has 1 aromatic rings. The van der Waals surface area contributed by atoms with Gasteiger partial charge in [-0.15, -0.1) is 0 Å². The number of halogens is 1. The fourth-order valence-electron chi connectivity index (χ4n) is 2.84. The molecule has 0 bridgehead atoms. The van der Waals surface area contributed by atoms with Crippen molar-refractivity contribution in [3.05, 3.63) is 29.6 Å². The molecular formula is C15H20FNO. The molecule has 0 spiro atoms. The molecule has 0 aliphatic carbocycles. The van der Waals surface area contributed by atoms with Gasteiger partial charge in [-0.3, -0.25) is 4.79 Å². The predicted octanol–water partition coefficient (Wildman–Crippen LogP) is 3.80. The van der Waals surface area contributed by atoms with Crippen LogP contribution in [0.4, 0.5) is 10.1 Å². The maximum atomic E-state index is 13.7. The normalized spacial score (nSPS) is 19.9. The Bertz CT molecular complexity index is 417. The zero-order valence-corrected chi connectivity index (χ0v) is 10.9. The van der Waals surface area contributed by atoms with E-state index in [-0.39, 0.29) is 5.56 Å². The van der Waals surface area contributed by atoms with E-state index in [1.54, 1.807) is 6.07 Å². The van der Waals surface area contributed by atoms with Crippen LogP contribution in [0.15, 0.2) is 18.2 Å². The molecule has 0 saturated carbocycles. The molecule has 2 nitrogen and oxygen atoms in total. The minimum atomic E-state index is -0.414. The van der Waals surface area contributed by atoms with E-state index in [1.165, 1.54) is 12.5 Å². The molecule has 2 rings (SSSR count). The summed E-state index contributed by atoms with van der Waals surface area (Å²) in [6.45, 7) is 3.09. The molecule has 0 amide bonds. The highest BCUT2D eigenvalue weighted by molar-refractivity contribution is 5.85. The monoisotopic (exact) mass is 249 g/mol. The number of anilines is 1. The molecule has 18 heavy (non-hydrogen) atoms. The molecule has 1 aliphatic rings. The van der Waals surface area contributed by atoms with Crippen LogP contribution in [-0.2, 0) is 0 Å². The highest BCUT2D eigenvalue weighted by Crippen LogP contribution is 2.30. The van der Waals surface area contributed by atoms with Gasteiger partial charge < -0.3 is 4.90 Å². The Morgan fingerprint density at radius 3 is 3.00 bits per heavy atom. The topological polar surface area (TPSA) is 20.3 Å². The minimum Gasteiger partial charge on any atom is -0.368 e. The third kappa shape index (κ3) is 2.55. The second-order valence-electron chi connectivity index (χ2n) is 4.92. The van der Waals surface area contributed by atoms with Gasteiger partial charge in [0.25, 0.3) is 0 Å². The Hall–Kier alpha value is -1.38. The molecule has 1 atom stereocenters. The second-order valence-corrected chi connectivity index (χ2v) is 4.92. The van der Waals surface area contributed by atoms with Crippen molar-refractivity contribution in [1.82, 2.24) is 0 Å². The van der Waals surface area contributed by atoms with Gasteiger partial charge in [-0.2, -0.15) is 0 Å². The summed E-state index contributed by atoms with van der Waals surface area (Å²) in [7, 11) is 0. The lowest BCUT2D eigenvalue weighted by Crippen LogP contribution is -2.40. The zero-order valence-electron chi connectivity index (χ0n) is 10.9. The van der Waals surface area contributed by atoms with E-state index >= 15 is 0 Å². The van der Waals surface area contributed by atoms with Crippen molar-refractivity contribution in [1.29, 1.82) is 0 Å². The van der Waals surface area contributed by atoms with Crippen LogP contribution in [0, 0.1) is 5.82 Å². The summed E-state index contributed by atoms with van der Waals surface area (Å²) in [5.41, 5.74) is 0.976. The Balaban J connectivity index is 2.33. The van der Waals surface area contributed by atoms with Crippen molar-refractivity contribution in [2.45, 2.75) is 45.1 Å². The molecule has 0 radical (unpaired) electrons. The van der Waals surface area contributed by atoms with Gasteiger partial charge in [0, 0.05) is 12.6 Å². The molecule has 1 aliphatic heterocycles. The molecule has 1 heterocycles. The van der Waals surface area contributed by atoms with Crippen LogP contribution in [0.1, 0.15) is 49.4 Å². The smallest absolute Gasteiger partial charge is 0.155 e. The van der Waals surface area contributed by atoms with E-state index in [0.717, 1.165) is 37.9 Å². The second kappa shape index (κ2) is 5.98. The maximum absolute atomic E-state index is 13.7.